The van der Waals surface area contributed by atoms with E-state index in [4.69, 9.17) is 0 Å². The molecule has 0 saturated heterocycles. The second-order valence-electron chi connectivity index (χ2n) is 6.80. The van der Waals surface area contributed by atoms with Crippen LogP contribution in [0.1, 0.15) is 67.7 Å². The molecule has 0 aromatic rings. The van der Waals surface area contributed by atoms with Gasteiger partial charge >= 0.3 is 0 Å². The monoisotopic (exact) mass is 254 g/mol. The van der Waals surface area contributed by atoms with Gasteiger partial charge in [0.15, 0.2) is 0 Å². The van der Waals surface area contributed by atoms with E-state index in [1.807, 2.05) is 0 Å². The predicted molar refractivity (Wildman–Crippen MR) is 80.6 cm³/mol. The molecule has 1 aliphatic carbocycles. The van der Waals surface area contributed by atoms with Crippen molar-refractivity contribution < 1.29 is 0 Å². The van der Waals surface area contributed by atoms with Crippen LogP contribution in [0.4, 0.5) is 0 Å². The lowest BCUT2D eigenvalue weighted by Crippen LogP contribution is -2.54. The largest absolute Gasteiger partial charge is 0.296 e. The van der Waals surface area contributed by atoms with Crippen molar-refractivity contribution in [2.45, 2.75) is 85.5 Å². The minimum absolute atomic E-state index is 0.207. The second kappa shape index (κ2) is 6.38. The molecular formula is C16H34N2. The summed E-state index contributed by atoms with van der Waals surface area (Å²) in [5.41, 5.74) is 0.207. The normalized spacial score (nSPS) is 34.7. The number of hydrogen-bond donors (Lipinski definition) is 2. The van der Waals surface area contributed by atoms with Gasteiger partial charge in [0.1, 0.15) is 0 Å². The smallest absolute Gasteiger partial charge is 0.0754 e. The number of nitrogens with one attached hydrogen (secondary N) is 2. The Morgan fingerprint density at radius 1 is 1.00 bits per heavy atom. The first-order chi connectivity index (χ1) is 8.37. The van der Waals surface area contributed by atoms with Gasteiger partial charge in [0.05, 0.1) is 5.66 Å². The molecule has 0 radical (unpaired) electrons. The topological polar surface area (TPSA) is 24.1 Å². The zero-order chi connectivity index (χ0) is 13.9. The van der Waals surface area contributed by atoms with Crippen molar-refractivity contribution in [3.05, 3.63) is 0 Å². The molecule has 1 saturated carbocycles. The standard InChI is InChI=1S/C16H34N2/c1-8-12(5)17-16(14(7)15(16)9-2)18-13(6)10-11(3)4/h11-15,17-18H,8-10H2,1-7H3. The predicted octanol–water partition coefficient (Wildman–Crippen LogP) is 3.77. The minimum atomic E-state index is 0.207. The first-order valence-corrected chi connectivity index (χ1v) is 7.92. The summed E-state index contributed by atoms with van der Waals surface area (Å²) in [6.45, 7) is 16.2. The average Bonchev–Trinajstić information content (AvgIpc) is 2.80. The molecule has 0 heterocycles. The van der Waals surface area contributed by atoms with Gasteiger partial charge in [-0.15, -0.1) is 0 Å². The lowest BCUT2D eigenvalue weighted by Gasteiger charge is -2.30. The second-order valence-corrected chi connectivity index (χ2v) is 6.80. The molecule has 2 N–H and O–H groups in total. The fraction of sp³-hybridized carbons (Fsp3) is 1.00. The molecule has 1 rings (SSSR count). The van der Waals surface area contributed by atoms with E-state index in [0.717, 1.165) is 17.8 Å². The van der Waals surface area contributed by atoms with E-state index < -0.39 is 0 Å². The van der Waals surface area contributed by atoms with Gasteiger partial charge in [0.25, 0.3) is 0 Å². The molecule has 0 bridgehead atoms. The fourth-order valence-electron chi connectivity index (χ4n) is 3.53. The van der Waals surface area contributed by atoms with E-state index in [1.165, 1.54) is 19.3 Å². The SMILES string of the molecule is CCC(C)NC1(NC(C)CC(C)C)C(C)C1CC. The van der Waals surface area contributed by atoms with Gasteiger partial charge in [-0.2, -0.15) is 0 Å². The van der Waals surface area contributed by atoms with Crippen LogP contribution in [-0.4, -0.2) is 17.7 Å². The maximum absolute atomic E-state index is 3.90. The Labute approximate surface area is 114 Å². The maximum atomic E-state index is 3.90. The van der Waals surface area contributed by atoms with Crippen molar-refractivity contribution in [1.82, 2.24) is 10.6 Å². The zero-order valence-electron chi connectivity index (χ0n) is 13.5. The van der Waals surface area contributed by atoms with Gasteiger partial charge in [-0.1, -0.05) is 34.6 Å². The molecule has 0 aliphatic heterocycles. The van der Waals surface area contributed by atoms with Crippen LogP contribution in [0.25, 0.3) is 0 Å². The minimum Gasteiger partial charge on any atom is -0.296 e. The number of hydrogen-bond acceptors (Lipinski definition) is 2. The van der Waals surface area contributed by atoms with Gasteiger partial charge in [-0.25, -0.2) is 0 Å². The summed E-state index contributed by atoms with van der Waals surface area (Å²) >= 11 is 0. The first kappa shape index (κ1) is 16.0. The summed E-state index contributed by atoms with van der Waals surface area (Å²) in [7, 11) is 0. The average molecular weight is 254 g/mol. The highest BCUT2D eigenvalue weighted by Gasteiger charge is 2.61. The van der Waals surface area contributed by atoms with E-state index in [-0.39, 0.29) is 5.66 Å². The van der Waals surface area contributed by atoms with Crippen LogP contribution in [0, 0.1) is 17.8 Å². The van der Waals surface area contributed by atoms with Crippen LogP contribution in [0.5, 0.6) is 0 Å². The molecule has 0 aromatic carbocycles. The van der Waals surface area contributed by atoms with Crippen LogP contribution in [0.2, 0.25) is 0 Å². The van der Waals surface area contributed by atoms with Crippen molar-refractivity contribution in [1.29, 1.82) is 0 Å². The lowest BCUT2D eigenvalue weighted by atomic mass is 10.0. The van der Waals surface area contributed by atoms with Crippen molar-refractivity contribution in [2.24, 2.45) is 17.8 Å². The fourth-order valence-corrected chi connectivity index (χ4v) is 3.53. The van der Waals surface area contributed by atoms with E-state index in [0.29, 0.717) is 12.1 Å². The highest BCUT2D eigenvalue weighted by molar-refractivity contribution is 5.14. The Balaban J connectivity index is 2.63. The van der Waals surface area contributed by atoms with Gasteiger partial charge in [-0.3, -0.25) is 10.6 Å². The van der Waals surface area contributed by atoms with Crippen LogP contribution in [0.3, 0.4) is 0 Å². The Bertz CT molecular complexity index is 251. The van der Waals surface area contributed by atoms with Crippen LogP contribution >= 0.6 is 0 Å². The molecule has 5 unspecified atom stereocenters. The molecule has 1 aliphatic rings. The van der Waals surface area contributed by atoms with Gasteiger partial charge in [0.2, 0.25) is 0 Å². The summed E-state index contributed by atoms with van der Waals surface area (Å²) in [6, 6.07) is 1.20. The highest BCUT2D eigenvalue weighted by Crippen LogP contribution is 2.51. The molecule has 2 heteroatoms. The Kier molecular flexibility index (Phi) is 5.67. The van der Waals surface area contributed by atoms with Crippen molar-refractivity contribution in [3.63, 3.8) is 0 Å². The van der Waals surface area contributed by atoms with Gasteiger partial charge in [0, 0.05) is 12.1 Å². The van der Waals surface area contributed by atoms with Crippen molar-refractivity contribution in [3.8, 4) is 0 Å². The third kappa shape index (κ3) is 3.48. The molecule has 0 aromatic heterocycles. The molecule has 2 nitrogen and oxygen atoms in total. The molecular weight excluding hydrogens is 220 g/mol. The van der Waals surface area contributed by atoms with E-state index >= 15 is 0 Å². The van der Waals surface area contributed by atoms with E-state index in [1.54, 1.807) is 0 Å². The van der Waals surface area contributed by atoms with E-state index in [2.05, 4.69) is 59.1 Å². The Hall–Kier alpha value is -0.0800. The summed E-state index contributed by atoms with van der Waals surface area (Å²) in [4.78, 5) is 0. The third-order valence-electron chi connectivity index (χ3n) is 4.65. The quantitative estimate of drug-likeness (QED) is 0.644. The highest BCUT2D eigenvalue weighted by atomic mass is 15.3. The van der Waals surface area contributed by atoms with Crippen LogP contribution < -0.4 is 10.6 Å². The third-order valence-corrected chi connectivity index (χ3v) is 4.65. The summed E-state index contributed by atoms with van der Waals surface area (Å²) in [6.07, 6.45) is 3.73. The molecule has 5 atom stereocenters. The summed E-state index contributed by atoms with van der Waals surface area (Å²) < 4.78 is 0. The van der Waals surface area contributed by atoms with Crippen LogP contribution in [0.15, 0.2) is 0 Å². The van der Waals surface area contributed by atoms with Gasteiger partial charge in [-0.05, 0) is 50.9 Å². The molecule has 18 heavy (non-hydrogen) atoms. The maximum Gasteiger partial charge on any atom is 0.0754 e. The Morgan fingerprint density at radius 3 is 1.94 bits per heavy atom. The van der Waals surface area contributed by atoms with Gasteiger partial charge < -0.3 is 0 Å². The molecule has 108 valence electrons. The van der Waals surface area contributed by atoms with Crippen LogP contribution in [-0.2, 0) is 0 Å². The van der Waals surface area contributed by atoms with Crippen molar-refractivity contribution >= 4 is 0 Å². The molecule has 1 fully saturated rings. The number of rotatable bonds is 8. The summed E-state index contributed by atoms with van der Waals surface area (Å²) in [5, 5.41) is 7.76. The van der Waals surface area contributed by atoms with E-state index in [9.17, 15) is 0 Å². The molecule has 0 spiro atoms. The molecule has 0 amide bonds. The lowest BCUT2D eigenvalue weighted by molar-refractivity contribution is 0.274. The Morgan fingerprint density at radius 2 is 1.56 bits per heavy atom. The zero-order valence-corrected chi connectivity index (χ0v) is 13.5. The summed E-state index contributed by atoms with van der Waals surface area (Å²) in [5.74, 6) is 2.31. The first-order valence-electron chi connectivity index (χ1n) is 7.92. The van der Waals surface area contributed by atoms with Crippen molar-refractivity contribution in [2.75, 3.05) is 0 Å².